The van der Waals surface area contributed by atoms with Crippen molar-refractivity contribution >= 4 is 5.69 Å². The SMILES string of the molecule is C=C(C)/C=C\C(=C/C)N(C1=CC=C(C)CC1)C(/C=C\C(=C)C1(/C(C)=C/C=C(\C)N(C(=C)/C=C\C(C)=C/C)c2ccc(C)cc2)CCCCC1)=C/C. The van der Waals surface area contributed by atoms with E-state index in [1.165, 1.54) is 52.8 Å². The predicted octanol–water partition coefficient (Wildman–Crippen LogP) is 14.6. The lowest BCUT2D eigenvalue weighted by Gasteiger charge is -2.40. The van der Waals surface area contributed by atoms with Gasteiger partial charge in [0.05, 0.1) is 0 Å². The summed E-state index contributed by atoms with van der Waals surface area (Å²) in [5.41, 5.74) is 14.1. The number of nitrogens with zero attached hydrogens (tertiary/aromatic N) is 2. The average molecular weight is 681 g/mol. The molecule has 0 unspecified atom stereocenters. The molecule has 0 saturated heterocycles. The number of hydrogen-bond donors (Lipinski definition) is 0. The van der Waals surface area contributed by atoms with Gasteiger partial charge in [-0.2, -0.15) is 0 Å². The highest BCUT2D eigenvalue weighted by molar-refractivity contribution is 5.61. The summed E-state index contributed by atoms with van der Waals surface area (Å²) in [5.74, 6) is 0. The van der Waals surface area contributed by atoms with Crippen molar-refractivity contribution in [3.63, 3.8) is 0 Å². The third-order valence-corrected chi connectivity index (χ3v) is 10.3. The first kappa shape index (κ1) is 40.9. The lowest BCUT2D eigenvalue weighted by atomic mass is 9.65. The molecule has 270 valence electrons. The van der Waals surface area contributed by atoms with Gasteiger partial charge in [0.2, 0.25) is 0 Å². The summed E-state index contributed by atoms with van der Waals surface area (Å²) in [6.07, 6.45) is 36.7. The van der Waals surface area contributed by atoms with Gasteiger partial charge in [0.15, 0.2) is 0 Å². The summed E-state index contributed by atoms with van der Waals surface area (Å²) in [6, 6.07) is 8.68. The van der Waals surface area contributed by atoms with Crippen LogP contribution in [0.2, 0.25) is 0 Å². The second kappa shape index (κ2) is 19.7. The molecule has 2 aliphatic carbocycles. The summed E-state index contributed by atoms with van der Waals surface area (Å²) in [5, 5.41) is 0. The molecule has 1 aromatic carbocycles. The van der Waals surface area contributed by atoms with Crippen LogP contribution in [0.15, 0.2) is 179 Å². The van der Waals surface area contributed by atoms with Crippen molar-refractivity contribution in [2.75, 3.05) is 4.90 Å². The van der Waals surface area contributed by atoms with E-state index in [-0.39, 0.29) is 5.41 Å². The Bertz CT molecular complexity index is 1730. The molecule has 3 rings (SSSR count). The summed E-state index contributed by atoms with van der Waals surface area (Å²) in [6.45, 7) is 32.6. The van der Waals surface area contributed by atoms with E-state index >= 15 is 0 Å². The molecule has 1 fully saturated rings. The Balaban J connectivity index is 2.03. The quantitative estimate of drug-likeness (QED) is 0.170. The molecule has 1 saturated carbocycles. The van der Waals surface area contributed by atoms with Crippen LogP contribution in [0.25, 0.3) is 0 Å². The van der Waals surface area contributed by atoms with E-state index in [4.69, 9.17) is 6.58 Å². The van der Waals surface area contributed by atoms with E-state index in [1.54, 1.807) is 0 Å². The molecule has 0 aliphatic heterocycles. The van der Waals surface area contributed by atoms with Gasteiger partial charge in [0.25, 0.3) is 0 Å². The maximum atomic E-state index is 4.78. The van der Waals surface area contributed by atoms with Crippen molar-refractivity contribution in [3.8, 4) is 0 Å². The van der Waals surface area contributed by atoms with E-state index in [2.05, 4.69) is 182 Å². The van der Waals surface area contributed by atoms with E-state index in [0.29, 0.717) is 0 Å². The van der Waals surface area contributed by atoms with Gasteiger partial charge in [-0.25, -0.2) is 0 Å². The third-order valence-electron chi connectivity index (χ3n) is 10.3. The normalized spacial score (nSPS) is 17.9. The standard InChI is InChI=1S/C49H64N2/c1-13-38(6)20-27-43(11)50(47-30-21-39(7)22-31-47)44(12)28-25-41(9)49(35-17-16-18-36-49)42(10)26-34-46(15-3)51(45(14-2)29-19-37(4)5)48-32-23-40(8)24-33-48/h13-15,19-23,25-32,34H,4,10-11,16-18,24,33,35-36H2,1-3,5-9,12H3/b27-20-,29-19-,34-26-,38-13-,41-25+,44-28+,45-14+,46-15+. The van der Waals surface area contributed by atoms with E-state index < -0.39 is 0 Å². The summed E-state index contributed by atoms with van der Waals surface area (Å²) in [4.78, 5) is 4.64. The number of aryl methyl sites for hydroxylation is 1. The molecular weight excluding hydrogens is 617 g/mol. The molecule has 0 bridgehead atoms. The second-order valence-corrected chi connectivity index (χ2v) is 14.3. The van der Waals surface area contributed by atoms with Gasteiger partial charge in [-0.3, -0.25) is 0 Å². The molecule has 2 aliphatic rings. The molecule has 1 aromatic rings. The maximum Gasteiger partial charge on any atom is 0.0458 e. The highest BCUT2D eigenvalue weighted by Gasteiger charge is 2.35. The van der Waals surface area contributed by atoms with Gasteiger partial charge in [0.1, 0.15) is 0 Å². The number of anilines is 1. The van der Waals surface area contributed by atoms with E-state index in [9.17, 15) is 0 Å². The van der Waals surface area contributed by atoms with E-state index in [1.807, 2.05) is 6.92 Å². The molecule has 2 heteroatoms. The zero-order chi connectivity index (χ0) is 37.6. The van der Waals surface area contributed by atoms with Crippen molar-refractivity contribution in [3.05, 3.63) is 185 Å². The molecule has 0 atom stereocenters. The number of hydrogen-bond acceptors (Lipinski definition) is 2. The zero-order valence-corrected chi connectivity index (χ0v) is 33.3. The molecule has 0 radical (unpaired) electrons. The van der Waals surface area contributed by atoms with Crippen LogP contribution in [0, 0.1) is 12.3 Å². The van der Waals surface area contributed by atoms with Crippen LogP contribution in [0.1, 0.15) is 106 Å². The Morgan fingerprint density at radius 3 is 1.84 bits per heavy atom. The van der Waals surface area contributed by atoms with Gasteiger partial charge in [0, 0.05) is 39.6 Å². The number of benzene rings is 1. The van der Waals surface area contributed by atoms with Crippen molar-refractivity contribution in [1.82, 2.24) is 4.90 Å². The predicted molar refractivity (Wildman–Crippen MR) is 227 cm³/mol. The first-order chi connectivity index (χ1) is 24.4. The van der Waals surface area contributed by atoms with Crippen LogP contribution in [-0.4, -0.2) is 4.90 Å². The first-order valence-electron chi connectivity index (χ1n) is 18.8. The first-order valence-corrected chi connectivity index (χ1v) is 18.8. The van der Waals surface area contributed by atoms with E-state index in [0.717, 1.165) is 59.7 Å². The molecule has 0 amide bonds. The molecule has 0 heterocycles. The van der Waals surface area contributed by atoms with Crippen LogP contribution >= 0.6 is 0 Å². The second-order valence-electron chi connectivity index (χ2n) is 14.3. The zero-order valence-electron chi connectivity index (χ0n) is 33.3. The number of rotatable bonds is 15. The summed E-state index contributed by atoms with van der Waals surface area (Å²) < 4.78 is 0. The lowest BCUT2D eigenvalue weighted by Crippen LogP contribution is -2.27. The topological polar surface area (TPSA) is 6.48 Å². The Morgan fingerprint density at radius 2 is 1.29 bits per heavy atom. The van der Waals surface area contributed by atoms with Crippen LogP contribution in [0.3, 0.4) is 0 Å². The average Bonchev–Trinajstić information content (AvgIpc) is 3.13. The lowest BCUT2D eigenvalue weighted by molar-refractivity contribution is 0.295. The highest BCUT2D eigenvalue weighted by Crippen LogP contribution is 2.48. The Morgan fingerprint density at radius 1 is 0.667 bits per heavy atom. The van der Waals surface area contributed by atoms with Crippen molar-refractivity contribution < 1.29 is 0 Å². The van der Waals surface area contributed by atoms with Crippen molar-refractivity contribution in [1.29, 1.82) is 0 Å². The summed E-state index contributed by atoms with van der Waals surface area (Å²) >= 11 is 0. The fourth-order valence-corrected chi connectivity index (χ4v) is 6.86. The van der Waals surface area contributed by atoms with Crippen molar-refractivity contribution in [2.45, 2.75) is 107 Å². The van der Waals surface area contributed by atoms with Gasteiger partial charge in [-0.05, 0) is 136 Å². The Hall–Kier alpha value is -4.56. The third kappa shape index (κ3) is 11.2. The van der Waals surface area contributed by atoms with Crippen LogP contribution in [-0.2, 0) is 0 Å². The molecule has 0 spiro atoms. The minimum atomic E-state index is -0.0862. The molecule has 51 heavy (non-hydrogen) atoms. The fourth-order valence-electron chi connectivity index (χ4n) is 6.86. The van der Waals surface area contributed by atoms with Crippen LogP contribution in [0.5, 0.6) is 0 Å². The molecular formula is C49H64N2. The smallest absolute Gasteiger partial charge is 0.0458 e. The fraction of sp³-hybridized carbons (Fsp3) is 0.347. The molecule has 0 N–H and O–H groups in total. The molecule has 2 nitrogen and oxygen atoms in total. The Labute approximate surface area is 312 Å². The van der Waals surface area contributed by atoms with Gasteiger partial charge < -0.3 is 9.80 Å². The summed E-state index contributed by atoms with van der Waals surface area (Å²) in [7, 11) is 0. The molecule has 0 aromatic heterocycles. The Kier molecular flexibility index (Phi) is 15.8. The minimum Gasteiger partial charge on any atom is -0.315 e. The minimum absolute atomic E-state index is 0.0862. The van der Waals surface area contributed by atoms with Gasteiger partial charge in [-0.15, -0.1) is 0 Å². The maximum absolute atomic E-state index is 4.78. The van der Waals surface area contributed by atoms with Gasteiger partial charge in [-0.1, -0.05) is 128 Å². The van der Waals surface area contributed by atoms with Gasteiger partial charge >= 0.3 is 0 Å². The van der Waals surface area contributed by atoms with Crippen LogP contribution in [0.4, 0.5) is 5.69 Å². The largest absolute Gasteiger partial charge is 0.315 e. The monoisotopic (exact) mass is 681 g/mol. The van der Waals surface area contributed by atoms with Crippen molar-refractivity contribution in [2.24, 2.45) is 5.41 Å². The highest BCUT2D eigenvalue weighted by atomic mass is 15.2. The van der Waals surface area contributed by atoms with Crippen LogP contribution < -0.4 is 4.90 Å². The number of allylic oxidation sites excluding steroid dienone is 20.